The second kappa shape index (κ2) is 5.32. The van der Waals surface area contributed by atoms with E-state index in [4.69, 9.17) is 0 Å². The second-order valence-electron chi connectivity index (χ2n) is 4.63. The molecular weight excluding hydrogens is 228 g/mol. The van der Waals surface area contributed by atoms with Gasteiger partial charge in [0.2, 0.25) is 0 Å². The van der Waals surface area contributed by atoms with E-state index < -0.39 is 0 Å². The average Bonchev–Trinajstić information content (AvgIpc) is 2.75. The van der Waals surface area contributed by atoms with Crippen molar-refractivity contribution >= 4 is 16.5 Å². The molecule has 0 amide bonds. The molecule has 17 heavy (non-hydrogen) atoms. The van der Waals surface area contributed by atoms with E-state index in [1.165, 1.54) is 11.1 Å². The van der Waals surface area contributed by atoms with Crippen LogP contribution in [0.1, 0.15) is 19.4 Å². The third-order valence-corrected chi connectivity index (χ3v) is 3.39. The molecule has 90 valence electrons. The number of nitrogens with zero attached hydrogens (tertiary/aromatic N) is 1. The highest BCUT2D eigenvalue weighted by molar-refractivity contribution is 7.14. The molecule has 0 fully saturated rings. The standard InChI is InChI=1S/C14H18N2S/c1-10(2)8-15-14-16-13(9-17-14)12-7-5-4-6-11(12)3/h4-7,9-10H,8H2,1-3H3,(H,15,16). The molecule has 1 N–H and O–H groups in total. The maximum Gasteiger partial charge on any atom is 0.183 e. The summed E-state index contributed by atoms with van der Waals surface area (Å²) in [7, 11) is 0. The van der Waals surface area contributed by atoms with Crippen molar-refractivity contribution in [2.45, 2.75) is 20.8 Å². The Morgan fingerprint density at radius 2 is 2.06 bits per heavy atom. The summed E-state index contributed by atoms with van der Waals surface area (Å²) in [5.41, 5.74) is 3.56. The van der Waals surface area contributed by atoms with Gasteiger partial charge in [0.1, 0.15) is 0 Å². The van der Waals surface area contributed by atoms with Gasteiger partial charge >= 0.3 is 0 Å². The fourth-order valence-corrected chi connectivity index (χ4v) is 2.35. The van der Waals surface area contributed by atoms with Crippen LogP contribution in [0.2, 0.25) is 0 Å². The van der Waals surface area contributed by atoms with Crippen LogP contribution in [0.5, 0.6) is 0 Å². The number of hydrogen-bond acceptors (Lipinski definition) is 3. The molecule has 2 aromatic rings. The lowest BCUT2D eigenvalue weighted by atomic mass is 10.1. The van der Waals surface area contributed by atoms with E-state index in [0.717, 1.165) is 17.4 Å². The summed E-state index contributed by atoms with van der Waals surface area (Å²) in [6.45, 7) is 7.49. The SMILES string of the molecule is Cc1ccccc1-c1csc(NCC(C)C)n1. The zero-order valence-corrected chi connectivity index (χ0v) is 11.3. The van der Waals surface area contributed by atoms with Gasteiger partial charge in [-0.15, -0.1) is 11.3 Å². The van der Waals surface area contributed by atoms with E-state index in [2.05, 4.69) is 60.7 Å². The molecule has 2 rings (SSSR count). The Morgan fingerprint density at radius 1 is 1.29 bits per heavy atom. The van der Waals surface area contributed by atoms with Crippen molar-refractivity contribution < 1.29 is 0 Å². The quantitative estimate of drug-likeness (QED) is 0.875. The first-order chi connectivity index (χ1) is 8.16. The number of aromatic nitrogens is 1. The molecule has 0 spiro atoms. The minimum Gasteiger partial charge on any atom is -0.361 e. The van der Waals surface area contributed by atoms with Crippen LogP contribution in [-0.2, 0) is 0 Å². The number of hydrogen-bond donors (Lipinski definition) is 1. The third-order valence-electron chi connectivity index (χ3n) is 2.59. The molecule has 0 atom stereocenters. The van der Waals surface area contributed by atoms with E-state index in [1.807, 2.05) is 0 Å². The van der Waals surface area contributed by atoms with Gasteiger partial charge < -0.3 is 5.32 Å². The van der Waals surface area contributed by atoms with Crippen LogP contribution >= 0.6 is 11.3 Å². The van der Waals surface area contributed by atoms with Gasteiger partial charge in [0.25, 0.3) is 0 Å². The lowest BCUT2D eigenvalue weighted by Gasteiger charge is -2.05. The van der Waals surface area contributed by atoms with Crippen molar-refractivity contribution in [2.24, 2.45) is 5.92 Å². The Hall–Kier alpha value is -1.35. The van der Waals surface area contributed by atoms with Gasteiger partial charge in [-0.25, -0.2) is 4.98 Å². The van der Waals surface area contributed by atoms with Crippen LogP contribution < -0.4 is 5.32 Å². The van der Waals surface area contributed by atoms with Crippen LogP contribution in [-0.4, -0.2) is 11.5 Å². The van der Waals surface area contributed by atoms with E-state index in [9.17, 15) is 0 Å². The van der Waals surface area contributed by atoms with Crippen molar-refractivity contribution in [1.29, 1.82) is 0 Å². The highest BCUT2D eigenvalue weighted by Crippen LogP contribution is 2.27. The van der Waals surface area contributed by atoms with Crippen molar-refractivity contribution in [3.8, 4) is 11.3 Å². The highest BCUT2D eigenvalue weighted by Gasteiger charge is 2.06. The summed E-state index contributed by atoms with van der Waals surface area (Å²) in [5.74, 6) is 0.640. The fraction of sp³-hybridized carbons (Fsp3) is 0.357. The maximum atomic E-state index is 4.62. The van der Waals surface area contributed by atoms with Gasteiger partial charge in [0.05, 0.1) is 5.69 Å². The first-order valence-corrected chi connectivity index (χ1v) is 6.80. The zero-order valence-electron chi connectivity index (χ0n) is 10.5. The zero-order chi connectivity index (χ0) is 12.3. The molecule has 0 saturated heterocycles. The van der Waals surface area contributed by atoms with Crippen molar-refractivity contribution in [3.05, 3.63) is 35.2 Å². The van der Waals surface area contributed by atoms with Crippen molar-refractivity contribution in [2.75, 3.05) is 11.9 Å². The summed E-state index contributed by atoms with van der Waals surface area (Å²) in [4.78, 5) is 4.62. The molecule has 0 aliphatic rings. The number of nitrogens with one attached hydrogen (secondary N) is 1. The van der Waals surface area contributed by atoms with Gasteiger partial charge in [-0.2, -0.15) is 0 Å². The molecule has 3 heteroatoms. The normalized spacial score (nSPS) is 10.8. The Labute approximate surface area is 107 Å². The first-order valence-electron chi connectivity index (χ1n) is 5.92. The first kappa shape index (κ1) is 12.1. The van der Waals surface area contributed by atoms with E-state index >= 15 is 0 Å². The highest BCUT2D eigenvalue weighted by atomic mass is 32.1. The predicted molar refractivity (Wildman–Crippen MR) is 75.6 cm³/mol. The lowest BCUT2D eigenvalue weighted by molar-refractivity contribution is 0.688. The lowest BCUT2D eigenvalue weighted by Crippen LogP contribution is -2.07. The minimum atomic E-state index is 0.640. The molecule has 1 aromatic heterocycles. The molecule has 0 bridgehead atoms. The molecule has 0 unspecified atom stereocenters. The number of aryl methyl sites for hydroxylation is 1. The number of anilines is 1. The smallest absolute Gasteiger partial charge is 0.183 e. The molecule has 2 nitrogen and oxygen atoms in total. The van der Waals surface area contributed by atoms with E-state index in [-0.39, 0.29) is 0 Å². The number of rotatable bonds is 4. The van der Waals surface area contributed by atoms with Gasteiger partial charge in [-0.05, 0) is 18.4 Å². The summed E-state index contributed by atoms with van der Waals surface area (Å²) in [6.07, 6.45) is 0. The van der Waals surface area contributed by atoms with Crippen LogP contribution in [0.4, 0.5) is 5.13 Å². The summed E-state index contributed by atoms with van der Waals surface area (Å²) in [6, 6.07) is 8.36. The third kappa shape index (κ3) is 3.07. The Kier molecular flexibility index (Phi) is 3.79. The van der Waals surface area contributed by atoms with Crippen LogP contribution in [0.15, 0.2) is 29.6 Å². The monoisotopic (exact) mass is 246 g/mol. The Morgan fingerprint density at radius 3 is 2.76 bits per heavy atom. The molecular formula is C14H18N2S. The van der Waals surface area contributed by atoms with E-state index in [0.29, 0.717) is 5.92 Å². The molecule has 0 saturated carbocycles. The molecule has 0 aliphatic heterocycles. The topological polar surface area (TPSA) is 24.9 Å². The summed E-state index contributed by atoms with van der Waals surface area (Å²) < 4.78 is 0. The summed E-state index contributed by atoms with van der Waals surface area (Å²) >= 11 is 1.67. The average molecular weight is 246 g/mol. The Balaban J connectivity index is 2.16. The summed E-state index contributed by atoms with van der Waals surface area (Å²) in [5, 5.41) is 6.49. The van der Waals surface area contributed by atoms with Crippen molar-refractivity contribution in [3.63, 3.8) is 0 Å². The fourth-order valence-electron chi connectivity index (χ4n) is 1.63. The number of benzene rings is 1. The van der Waals surface area contributed by atoms with Gasteiger partial charge in [-0.1, -0.05) is 38.1 Å². The second-order valence-corrected chi connectivity index (χ2v) is 5.49. The van der Waals surface area contributed by atoms with Crippen molar-refractivity contribution in [1.82, 2.24) is 4.98 Å². The molecule has 0 aliphatic carbocycles. The minimum absolute atomic E-state index is 0.640. The molecule has 0 radical (unpaired) electrons. The molecule has 1 aromatic carbocycles. The van der Waals surface area contributed by atoms with E-state index in [1.54, 1.807) is 11.3 Å². The van der Waals surface area contributed by atoms with Gasteiger partial charge in [0.15, 0.2) is 5.13 Å². The largest absolute Gasteiger partial charge is 0.361 e. The number of thiazole rings is 1. The predicted octanol–water partition coefficient (Wildman–Crippen LogP) is 4.19. The Bertz CT molecular complexity index is 488. The van der Waals surface area contributed by atoms with Crippen LogP contribution in [0, 0.1) is 12.8 Å². The van der Waals surface area contributed by atoms with Gasteiger partial charge in [-0.3, -0.25) is 0 Å². The van der Waals surface area contributed by atoms with Gasteiger partial charge in [0, 0.05) is 17.5 Å². The maximum absolute atomic E-state index is 4.62. The van der Waals surface area contributed by atoms with Crippen LogP contribution in [0.25, 0.3) is 11.3 Å². The molecule has 1 heterocycles. The van der Waals surface area contributed by atoms with Crippen LogP contribution in [0.3, 0.4) is 0 Å².